The first-order valence-electron chi connectivity index (χ1n) is 9.83. The summed E-state index contributed by atoms with van der Waals surface area (Å²) < 4.78 is 21.2. The topological polar surface area (TPSA) is 113 Å². The summed E-state index contributed by atoms with van der Waals surface area (Å²) in [5, 5.41) is 6.94. The molecule has 0 saturated carbocycles. The van der Waals surface area contributed by atoms with Gasteiger partial charge in [0.05, 0.1) is 31.3 Å². The Kier molecular flexibility index (Phi) is 6.82. The molecule has 0 atom stereocenters. The smallest absolute Gasteiger partial charge is 0.336 e. The molecule has 0 amide bonds. The van der Waals surface area contributed by atoms with Crippen molar-refractivity contribution in [3.63, 3.8) is 0 Å². The van der Waals surface area contributed by atoms with E-state index in [4.69, 9.17) is 23.7 Å². The molecule has 1 aromatic carbocycles. The van der Waals surface area contributed by atoms with Crippen LogP contribution in [0.4, 0.5) is 0 Å². The lowest BCUT2D eigenvalue weighted by Crippen LogP contribution is -2.42. The highest BCUT2D eigenvalue weighted by molar-refractivity contribution is 6.00. The second-order valence-electron chi connectivity index (χ2n) is 7.09. The Balaban J connectivity index is 2.10. The molecule has 32 heavy (non-hydrogen) atoms. The molecular formula is C22H26N3O7+. The van der Waals surface area contributed by atoms with Crippen LogP contribution in [0, 0.1) is 6.92 Å². The zero-order valence-electron chi connectivity index (χ0n) is 18.8. The number of ether oxygens (including phenoxy) is 3. The number of carbonyl (C=O) groups excluding carboxylic acids is 2. The van der Waals surface area contributed by atoms with Crippen LogP contribution in [0.25, 0.3) is 0 Å². The number of esters is 2. The maximum Gasteiger partial charge on any atom is 0.336 e. The molecule has 0 saturated heterocycles. The van der Waals surface area contributed by atoms with Crippen LogP contribution in [0.1, 0.15) is 36.7 Å². The minimum absolute atomic E-state index is 0.0810. The van der Waals surface area contributed by atoms with E-state index in [1.165, 1.54) is 21.3 Å². The third-order valence-electron chi connectivity index (χ3n) is 5.22. The van der Waals surface area contributed by atoms with Crippen LogP contribution < -0.4 is 19.8 Å². The van der Waals surface area contributed by atoms with Crippen LogP contribution in [0.15, 0.2) is 51.4 Å². The van der Waals surface area contributed by atoms with Crippen molar-refractivity contribution in [2.75, 3.05) is 21.3 Å². The molecule has 170 valence electrons. The molecule has 0 unspecified atom stereocenters. The number of nitrogens with one attached hydrogen (secondary N) is 1. The van der Waals surface area contributed by atoms with Crippen LogP contribution in [0.3, 0.4) is 0 Å². The number of hydrogen-bond acceptors (Lipinski definition) is 9. The highest BCUT2D eigenvalue weighted by Gasteiger charge is 2.39. The van der Waals surface area contributed by atoms with Gasteiger partial charge in [0.2, 0.25) is 0 Å². The summed E-state index contributed by atoms with van der Waals surface area (Å²) in [6.07, 6.45) is 0. The lowest BCUT2D eigenvalue weighted by atomic mass is 9.80. The number of rotatable bonds is 7. The Bertz CT molecular complexity index is 1060. The van der Waals surface area contributed by atoms with Crippen LogP contribution in [0.2, 0.25) is 0 Å². The lowest BCUT2D eigenvalue weighted by molar-refractivity contribution is -1.02. The number of nitrogens with zero attached hydrogens (tertiary/aromatic N) is 2. The molecule has 1 N–H and O–H groups in total. The van der Waals surface area contributed by atoms with Gasteiger partial charge in [0, 0.05) is 23.9 Å². The fraction of sp³-hybridized carbons (Fsp3) is 0.364. The molecule has 0 aliphatic carbocycles. The van der Waals surface area contributed by atoms with Gasteiger partial charge >= 0.3 is 11.9 Å². The first-order chi connectivity index (χ1) is 15.3. The molecule has 0 spiro atoms. The van der Waals surface area contributed by atoms with E-state index in [0.29, 0.717) is 45.2 Å². The van der Waals surface area contributed by atoms with E-state index in [1.54, 1.807) is 45.0 Å². The molecule has 10 heteroatoms. The highest BCUT2D eigenvalue weighted by Crippen LogP contribution is 2.42. The molecular weight excluding hydrogens is 418 g/mol. The zero-order valence-corrected chi connectivity index (χ0v) is 18.8. The van der Waals surface area contributed by atoms with Crippen LogP contribution in [-0.4, -0.2) is 38.4 Å². The van der Waals surface area contributed by atoms with Crippen molar-refractivity contribution in [2.24, 2.45) is 0 Å². The maximum atomic E-state index is 12.7. The second kappa shape index (κ2) is 9.54. The van der Waals surface area contributed by atoms with Gasteiger partial charge in [0.15, 0.2) is 11.8 Å². The normalized spacial score (nSPS) is 14.2. The summed E-state index contributed by atoms with van der Waals surface area (Å²) in [6.45, 7) is 5.35. The Hall–Kier alpha value is -3.82. The molecule has 0 radical (unpaired) electrons. The monoisotopic (exact) mass is 444 g/mol. The average molecular weight is 444 g/mol. The lowest BCUT2D eigenvalue weighted by Gasteiger charge is -2.30. The molecule has 1 aliphatic rings. The van der Waals surface area contributed by atoms with Crippen molar-refractivity contribution >= 4 is 11.9 Å². The van der Waals surface area contributed by atoms with E-state index in [1.807, 2.05) is 0 Å². The van der Waals surface area contributed by atoms with Gasteiger partial charge in [-0.1, -0.05) is 18.2 Å². The summed E-state index contributed by atoms with van der Waals surface area (Å²) in [5.41, 5.74) is 3.52. The fourth-order valence-electron chi connectivity index (χ4n) is 3.70. The van der Waals surface area contributed by atoms with E-state index in [2.05, 4.69) is 10.5 Å². The van der Waals surface area contributed by atoms with E-state index in [-0.39, 0.29) is 6.61 Å². The highest BCUT2D eigenvalue weighted by atomic mass is 16.9. The van der Waals surface area contributed by atoms with E-state index in [9.17, 15) is 9.59 Å². The van der Waals surface area contributed by atoms with E-state index < -0.39 is 17.9 Å². The minimum atomic E-state index is -0.759. The number of allylic oxidation sites excluding steroid dienone is 2. The Morgan fingerprint density at radius 1 is 1.03 bits per heavy atom. The average Bonchev–Trinajstić information content (AvgIpc) is 3.15. The molecule has 10 nitrogen and oxygen atoms in total. The molecule has 2 aromatic rings. The van der Waals surface area contributed by atoms with Gasteiger partial charge in [-0.15, -0.1) is 0 Å². The number of aromatic nitrogens is 2. The standard InChI is InChI=1S/C22H25N3O7/c1-12-16(25(30-6)32-24-12)11-31-17-10-8-7-9-15(17)20-18(21(26)28-4)13(2)23-14(3)19(20)22(27)29-5/h7-10,20H,11H2,1-6H3/p+1. The number of benzene rings is 1. The number of aryl methyl sites for hydroxylation is 1. The number of carbonyl (C=O) groups is 2. The van der Waals surface area contributed by atoms with Gasteiger partial charge in [0.1, 0.15) is 17.8 Å². The van der Waals surface area contributed by atoms with Gasteiger partial charge < -0.3 is 24.4 Å². The van der Waals surface area contributed by atoms with Crippen LogP contribution in [0.5, 0.6) is 5.75 Å². The third kappa shape index (κ3) is 4.16. The van der Waals surface area contributed by atoms with Gasteiger partial charge in [-0.25, -0.2) is 9.59 Å². The van der Waals surface area contributed by atoms with Gasteiger partial charge in [0.25, 0.3) is 11.4 Å². The summed E-state index contributed by atoms with van der Waals surface area (Å²) in [5.74, 6) is -1.41. The Morgan fingerprint density at radius 2 is 1.62 bits per heavy atom. The first-order valence-corrected chi connectivity index (χ1v) is 9.83. The summed E-state index contributed by atoms with van der Waals surface area (Å²) >= 11 is 0. The third-order valence-corrected chi connectivity index (χ3v) is 5.22. The molecule has 1 aromatic heterocycles. The van der Waals surface area contributed by atoms with Gasteiger partial charge in [-0.05, 0) is 24.5 Å². The maximum absolute atomic E-state index is 12.7. The molecule has 0 fully saturated rings. The van der Waals surface area contributed by atoms with Crippen LogP contribution in [-0.2, 0) is 25.7 Å². The molecule has 3 rings (SSSR count). The summed E-state index contributed by atoms with van der Waals surface area (Å²) in [4.78, 5) is 31.7. The number of hydrogen-bond donors (Lipinski definition) is 1. The summed E-state index contributed by atoms with van der Waals surface area (Å²) in [7, 11) is 4.04. The van der Waals surface area contributed by atoms with E-state index >= 15 is 0 Å². The van der Waals surface area contributed by atoms with Gasteiger partial charge in [-0.2, -0.15) is 0 Å². The summed E-state index contributed by atoms with van der Waals surface area (Å²) in [6, 6.07) is 7.15. The fourth-order valence-corrected chi connectivity index (χ4v) is 3.70. The molecule has 2 heterocycles. The largest absolute Gasteiger partial charge is 0.484 e. The quantitative estimate of drug-likeness (QED) is 0.635. The number of methoxy groups -OCH3 is 2. The second-order valence-corrected chi connectivity index (χ2v) is 7.09. The van der Waals surface area contributed by atoms with Crippen molar-refractivity contribution < 1.29 is 38.2 Å². The van der Waals surface area contributed by atoms with Crippen LogP contribution >= 0.6 is 0 Å². The van der Waals surface area contributed by atoms with Crippen molar-refractivity contribution in [1.29, 1.82) is 0 Å². The van der Waals surface area contributed by atoms with Gasteiger partial charge in [-0.3, -0.25) is 0 Å². The Morgan fingerprint density at radius 3 is 2.19 bits per heavy atom. The van der Waals surface area contributed by atoms with E-state index in [0.717, 1.165) is 4.90 Å². The van der Waals surface area contributed by atoms with Crippen molar-refractivity contribution in [2.45, 2.75) is 33.3 Å². The number of para-hydroxylation sites is 1. The molecule has 0 bridgehead atoms. The molecule has 1 aliphatic heterocycles. The Labute approximate surface area is 185 Å². The first kappa shape index (κ1) is 22.9. The minimum Gasteiger partial charge on any atom is -0.484 e. The predicted molar refractivity (Wildman–Crippen MR) is 110 cm³/mol. The number of dihydropyridines is 1. The van der Waals surface area contributed by atoms with Crippen molar-refractivity contribution in [3.05, 3.63) is 63.8 Å². The predicted octanol–water partition coefficient (Wildman–Crippen LogP) is 1.49. The SMILES string of the molecule is COC(=O)C1=C(C)NC(C)=C(C(=O)OC)C1c1ccccc1OCc1c(C)no[n+]1OC. The van der Waals surface area contributed by atoms with Crippen molar-refractivity contribution in [1.82, 2.24) is 10.5 Å². The van der Waals surface area contributed by atoms with Crippen molar-refractivity contribution in [3.8, 4) is 5.75 Å². The zero-order chi connectivity index (χ0) is 23.4.